The number of hydrogen-bond acceptors (Lipinski definition) is 7. The number of allylic oxidation sites excluding steroid dienone is 2. The van der Waals surface area contributed by atoms with Gasteiger partial charge in [-0.3, -0.25) is 9.59 Å². The van der Waals surface area contributed by atoms with Crippen molar-refractivity contribution in [1.82, 2.24) is 0 Å². The van der Waals surface area contributed by atoms with Crippen LogP contribution >= 0.6 is 0 Å². The molecule has 2 unspecified atom stereocenters. The van der Waals surface area contributed by atoms with Crippen molar-refractivity contribution in [2.45, 2.75) is 161 Å². The number of carbonyl (C=O) groups excluding carboxylic acids is 3. The lowest BCUT2D eigenvalue weighted by Crippen LogP contribution is -2.55. The Bertz CT molecular complexity index is 747. The number of unbranched alkanes of at least 4 members (excludes halogenated alkanes) is 15. The van der Waals surface area contributed by atoms with Crippen LogP contribution in [0.3, 0.4) is 0 Å². The highest BCUT2D eigenvalue weighted by atomic mass is 16.6. The van der Waals surface area contributed by atoms with Gasteiger partial charge in [0.15, 0.2) is 6.10 Å². The maximum absolute atomic E-state index is 12.5. The molecule has 2 atom stereocenters. The van der Waals surface area contributed by atoms with Crippen LogP contribution in [0, 0.1) is 0 Å². The van der Waals surface area contributed by atoms with E-state index in [1.807, 2.05) is 6.92 Å². The molecule has 0 aromatic carbocycles. The predicted molar refractivity (Wildman–Crippen MR) is 176 cm³/mol. The molecule has 0 aliphatic carbocycles. The zero-order valence-electron chi connectivity index (χ0n) is 29.1. The van der Waals surface area contributed by atoms with Crippen molar-refractivity contribution >= 4 is 17.9 Å². The van der Waals surface area contributed by atoms with Crippen molar-refractivity contribution in [1.29, 1.82) is 0 Å². The number of hydrogen-bond donors (Lipinski definition) is 0. The summed E-state index contributed by atoms with van der Waals surface area (Å²) >= 11 is 0. The second kappa shape index (κ2) is 28.5. The minimum absolute atomic E-state index is 0.0392. The third-order valence-electron chi connectivity index (χ3n) is 7.87. The van der Waals surface area contributed by atoms with E-state index < -0.39 is 18.1 Å². The molecule has 0 N–H and O–H groups in total. The summed E-state index contributed by atoms with van der Waals surface area (Å²) in [5.74, 6) is -1.80. The van der Waals surface area contributed by atoms with Gasteiger partial charge < -0.3 is 28.6 Å². The van der Waals surface area contributed by atoms with Crippen LogP contribution in [0.5, 0.6) is 0 Å². The Morgan fingerprint density at radius 2 is 1.18 bits per heavy atom. The maximum atomic E-state index is 12.5. The quantitative estimate of drug-likeness (QED) is 0.0351. The van der Waals surface area contributed by atoms with Crippen LogP contribution in [0.15, 0.2) is 12.2 Å². The first-order chi connectivity index (χ1) is 21.1. The summed E-state index contributed by atoms with van der Waals surface area (Å²) in [6.45, 7) is 4.29. The molecular formula is C36H67NO7. The fourth-order valence-electron chi connectivity index (χ4n) is 5.10. The highest BCUT2D eigenvalue weighted by molar-refractivity contribution is 5.70. The van der Waals surface area contributed by atoms with Crippen LogP contribution in [0.2, 0.25) is 0 Å². The molecule has 0 radical (unpaired) electrons. The average Bonchev–Trinajstić information content (AvgIpc) is 2.96. The Kier molecular flexibility index (Phi) is 27.3. The highest BCUT2D eigenvalue weighted by Crippen LogP contribution is 2.13. The van der Waals surface area contributed by atoms with E-state index in [0.717, 1.165) is 19.3 Å². The van der Waals surface area contributed by atoms with E-state index in [9.17, 15) is 19.5 Å². The molecule has 8 heteroatoms. The molecule has 0 amide bonds. The van der Waals surface area contributed by atoms with Gasteiger partial charge in [-0.1, -0.05) is 103 Å². The van der Waals surface area contributed by atoms with E-state index in [1.165, 1.54) is 89.9 Å². The van der Waals surface area contributed by atoms with Gasteiger partial charge in [0.25, 0.3) is 0 Å². The van der Waals surface area contributed by atoms with Crippen molar-refractivity contribution in [3.63, 3.8) is 0 Å². The third-order valence-corrected chi connectivity index (χ3v) is 7.87. The molecular weight excluding hydrogens is 558 g/mol. The number of aliphatic carboxylic acids is 1. The van der Waals surface area contributed by atoms with Crippen molar-refractivity contribution in [3.05, 3.63) is 12.2 Å². The number of quaternary nitrogens is 1. The molecule has 0 heterocycles. The fraction of sp³-hybridized carbons (Fsp3) is 0.861. The molecule has 0 saturated heterocycles. The van der Waals surface area contributed by atoms with Crippen LogP contribution in [0.25, 0.3) is 0 Å². The van der Waals surface area contributed by atoms with Crippen LogP contribution in [0.4, 0.5) is 0 Å². The number of carbonyl (C=O) groups is 3. The van der Waals surface area contributed by atoms with Crippen molar-refractivity contribution in [3.8, 4) is 0 Å². The first-order valence-electron chi connectivity index (χ1n) is 17.7. The molecule has 0 aromatic heterocycles. The molecule has 44 heavy (non-hydrogen) atoms. The van der Waals surface area contributed by atoms with Gasteiger partial charge in [0.1, 0.15) is 12.6 Å². The van der Waals surface area contributed by atoms with E-state index in [2.05, 4.69) is 19.1 Å². The molecule has 0 spiro atoms. The number of carboxylic acids is 1. The van der Waals surface area contributed by atoms with E-state index in [0.29, 0.717) is 19.3 Å². The van der Waals surface area contributed by atoms with Gasteiger partial charge in [0.05, 0.1) is 40.3 Å². The third kappa shape index (κ3) is 26.5. The Labute approximate surface area is 269 Å². The molecule has 0 bridgehead atoms. The summed E-state index contributed by atoms with van der Waals surface area (Å²) in [4.78, 5) is 35.7. The van der Waals surface area contributed by atoms with Gasteiger partial charge in [0.2, 0.25) is 0 Å². The zero-order chi connectivity index (χ0) is 32.9. The number of ether oxygens (including phenoxy) is 3. The van der Waals surface area contributed by atoms with E-state index in [4.69, 9.17) is 14.2 Å². The molecule has 0 aliphatic rings. The van der Waals surface area contributed by atoms with Gasteiger partial charge in [-0.25, -0.2) is 0 Å². The van der Waals surface area contributed by atoms with Gasteiger partial charge >= 0.3 is 11.9 Å². The number of esters is 2. The monoisotopic (exact) mass is 625 g/mol. The average molecular weight is 626 g/mol. The number of rotatable bonds is 31. The SMILES string of the molecule is CCCCCCCC/C=C\CCCCCCCCCCCC(=O)OC(COCCC(C(=O)[O-])[N+](C)(C)C)COC(=O)CCC. The zero-order valence-corrected chi connectivity index (χ0v) is 29.1. The van der Waals surface area contributed by atoms with Gasteiger partial charge in [-0.2, -0.15) is 0 Å². The lowest BCUT2D eigenvalue weighted by atomic mass is 10.1. The molecule has 8 nitrogen and oxygen atoms in total. The Morgan fingerprint density at radius 1 is 0.659 bits per heavy atom. The summed E-state index contributed by atoms with van der Waals surface area (Å²) in [5.41, 5.74) is 0. The van der Waals surface area contributed by atoms with Crippen molar-refractivity contribution < 1.29 is 38.2 Å². The molecule has 0 fully saturated rings. The summed E-state index contributed by atoms with van der Waals surface area (Å²) in [7, 11) is 5.37. The Balaban J connectivity index is 4.02. The Hall–Kier alpha value is -1.93. The highest BCUT2D eigenvalue weighted by Gasteiger charge is 2.25. The molecule has 0 rings (SSSR count). The first-order valence-corrected chi connectivity index (χ1v) is 17.7. The predicted octanol–water partition coefficient (Wildman–Crippen LogP) is 7.07. The van der Waals surface area contributed by atoms with Gasteiger partial charge in [-0.05, 0) is 38.5 Å². The first kappa shape index (κ1) is 42.1. The molecule has 0 saturated carbocycles. The normalized spacial score (nSPS) is 13.2. The Morgan fingerprint density at radius 3 is 1.68 bits per heavy atom. The lowest BCUT2D eigenvalue weighted by Gasteiger charge is -2.34. The number of likely N-dealkylation sites (N-methyl/N-ethyl adjacent to an activating group) is 1. The van der Waals surface area contributed by atoms with E-state index in [-0.39, 0.29) is 42.7 Å². The summed E-state index contributed by atoms with van der Waals surface area (Å²) in [6.07, 6.45) is 26.7. The van der Waals surface area contributed by atoms with Crippen LogP contribution in [0.1, 0.15) is 149 Å². The number of carboxylic acid groups (broad SMARTS) is 1. The van der Waals surface area contributed by atoms with Crippen molar-refractivity contribution in [2.75, 3.05) is 41.0 Å². The largest absolute Gasteiger partial charge is 0.544 e. The van der Waals surface area contributed by atoms with Crippen LogP contribution < -0.4 is 5.11 Å². The van der Waals surface area contributed by atoms with E-state index in [1.54, 1.807) is 21.1 Å². The minimum Gasteiger partial charge on any atom is -0.544 e. The maximum Gasteiger partial charge on any atom is 0.306 e. The summed E-state index contributed by atoms with van der Waals surface area (Å²) in [5, 5.41) is 11.5. The van der Waals surface area contributed by atoms with Crippen molar-refractivity contribution in [2.24, 2.45) is 0 Å². The van der Waals surface area contributed by atoms with Gasteiger partial charge in [0, 0.05) is 19.3 Å². The van der Waals surface area contributed by atoms with E-state index >= 15 is 0 Å². The summed E-state index contributed by atoms with van der Waals surface area (Å²) < 4.78 is 16.7. The topological polar surface area (TPSA) is 102 Å². The van der Waals surface area contributed by atoms with Gasteiger partial charge in [-0.15, -0.1) is 0 Å². The second-order valence-electron chi connectivity index (χ2n) is 13.1. The number of nitrogens with zero attached hydrogens (tertiary/aromatic N) is 1. The lowest BCUT2D eigenvalue weighted by molar-refractivity contribution is -0.889. The molecule has 258 valence electrons. The van der Waals surface area contributed by atoms with Crippen LogP contribution in [-0.4, -0.2) is 75.5 Å². The smallest absolute Gasteiger partial charge is 0.306 e. The fourth-order valence-corrected chi connectivity index (χ4v) is 5.10. The summed E-state index contributed by atoms with van der Waals surface area (Å²) in [6, 6.07) is -0.717. The standard InChI is InChI=1S/C36H67NO7/c1-6-8-9-10-11-12-13-14-15-16-17-18-19-20-21-22-23-24-25-27-35(39)44-32(31-43-34(38)26-7-2)30-42-29-28-33(36(40)41)37(3,4)5/h14-15,32-33H,6-13,16-31H2,1-5H3/b15-14-. The molecule has 0 aliphatic heterocycles. The second-order valence-corrected chi connectivity index (χ2v) is 13.1. The minimum atomic E-state index is -1.13. The molecule has 0 aromatic rings. The van der Waals surface area contributed by atoms with Crippen LogP contribution in [-0.2, 0) is 28.6 Å².